The highest BCUT2D eigenvalue weighted by atomic mass is 127. The van der Waals surface area contributed by atoms with Crippen molar-refractivity contribution in [2.75, 3.05) is 26.7 Å². The first-order valence-electron chi connectivity index (χ1n) is 5.63. The minimum Gasteiger partial charge on any atom is -0.496 e. The van der Waals surface area contributed by atoms with E-state index in [0.29, 0.717) is 28.8 Å². The van der Waals surface area contributed by atoms with Gasteiger partial charge in [0.15, 0.2) is 0 Å². The first-order valence-corrected chi connectivity index (χ1v) is 7.09. The lowest BCUT2D eigenvalue weighted by Gasteiger charge is -2.27. The molecule has 0 spiro atoms. The van der Waals surface area contributed by atoms with Crippen LogP contribution in [0.2, 0.25) is 5.02 Å². The maximum atomic E-state index is 12.1. The fraction of sp³-hybridized carbons (Fsp3) is 0.417. The SMILES string of the molecule is COc1cc(I)c(Cl)cc1C(=O)NCC1CNC1.Cl. The first kappa shape index (κ1) is 16.8. The third-order valence-corrected chi connectivity index (χ3v) is 4.43. The number of ether oxygens (including phenoxy) is 1. The van der Waals surface area contributed by atoms with Crippen molar-refractivity contribution in [2.45, 2.75) is 0 Å². The van der Waals surface area contributed by atoms with Gasteiger partial charge in [-0.1, -0.05) is 11.6 Å². The molecular weight excluding hydrogens is 402 g/mol. The van der Waals surface area contributed by atoms with E-state index in [9.17, 15) is 4.79 Å². The summed E-state index contributed by atoms with van der Waals surface area (Å²) in [5.74, 6) is 0.935. The second kappa shape index (κ2) is 7.52. The van der Waals surface area contributed by atoms with Crippen molar-refractivity contribution in [3.8, 4) is 5.75 Å². The Bertz CT molecular complexity index is 467. The van der Waals surface area contributed by atoms with Crippen LogP contribution in [0, 0.1) is 9.49 Å². The van der Waals surface area contributed by atoms with Crippen molar-refractivity contribution in [3.63, 3.8) is 0 Å². The summed E-state index contributed by atoms with van der Waals surface area (Å²) < 4.78 is 6.08. The monoisotopic (exact) mass is 416 g/mol. The molecule has 0 aliphatic carbocycles. The van der Waals surface area contributed by atoms with Crippen molar-refractivity contribution >= 4 is 52.5 Å². The quantitative estimate of drug-likeness (QED) is 0.740. The van der Waals surface area contributed by atoms with Crippen LogP contribution in [0.3, 0.4) is 0 Å². The normalized spacial score (nSPS) is 14.3. The standard InChI is InChI=1S/C12H14ClIN2O2.ClH/c1-18-11-3-10(14)9(13)2-8(11)12(17)16-6-7-4-15-5-7;/h2-3,7,15H,4-6H2,1H3,(H,16,17);1H. The number of amides is 1. The molecule has 0 saturated carbocycles. The van der Waals surface area contributed by atoms with Crippen LogP contribution in [0.5, 0.6) is 5.75 Å². The summed E-state index contributed by atoms with van der Waals surface area (Å²) in [4.78, 5) is 12.1. The van der Waals surface area contributed by atoms with E-state index in [-0.39, 0.29) is 18.3 Å². The lowest BCUT2D eigenvalue weighted by molar-refractivity contribution is 0.0939. The number of halogens is 3. The molecule has 0 unspecified atom stereocenters. The Hall–Kier alpha value is -0.240. The van der Waals surface area contributed by atoms with E-state index in [2.05, 4.69) is 33.2 Å². The van der Waals surface area contributed by atoms with E-state index in [1.54, 1.807) is 19.2 Å². The predicted octanol–water partition coefficient (Wildman–Crippen LogP) is 2.32. The van der Waals surface area contributed by atoms with Crippen molar-refractivity contribution in [2.24, 2.45) is 5.92 Å². The zero-order chi connectivity index (χ0) is 13.1. The van der Waals surface area contributed by atoms with Crippen LogP contribution in [0.15, 0.2) is 12.1 Å². The van der Waals surface area contributed by atoms with Crippen LogP contribution in [0.1, 0.15) is 10.4 Å². The van der Waals surface area contributed by atoms with Crippen molar-refractivity contribution < 1.29 is 9.53 Å². The average molecular weight is 417 g/mol. The molecule has 0 radical (unpaired) electrons. The van der Waals surface area contributed by atoms with Crippen LogP contribution in [0.4, 0.5) is 0 Å². The Morgan fingerprint density at radius 2 is 2.26 bits per heavy atom. The highest BCUT2D eigenvalue weighted by Crippen LogP contribution is 2.28. The minimum atomic E-state index is -0.142. The maximum Gasteiger partial charge on any atom is 0.255 e. The van der Waals surface area contributed by atoms with Crippen molar-refractivity contribution in [1.82, 2.24) is 10.6 Å². The number of carbonyl (C=O) groups is 1. The Labute approximate surface area is 137 Å². The number of nitrogens with one attached hydrogen (secondary N) is 2. The molecule has 0 aromatic heterocycles. The summed E-state index contributed by atoms with van der Waals surface area (Å²) in [6.45, 7) is 2.61. The molecule has 1 aromatic carbocycles. The van der Waals surface area contributed by atoms with E-state index in [1.807, 2.05) is 0 Å². The van der Waals surface area contributed by atoms with Crippen LogP contribution in [-0.2, 0) is 0 Å². The molecule has 1 aromatic rings. The van der Waals surface area contributed by atoms with Gasteiger partial charge in [0.05, 0.1) is 17.7 Å². The van der Waals surface area contributed by atoms with Gasteiger partial charge in [0.1, 0.15) is 5.75 Å². The molecule has 19 heavy (non-hydrogen) atoms. The summed E-state index contributed by atoms with van der Waals surface area (Å²) in [6, 6.07) is 3.42. The molecular formula is C12H15Cl2IN2O2. The zero-order valence-corrected chi connectivity index (χ0v) is 14.1. The molecule has 7 heteroatoms. The molecule has 1 saturated heterocycles. The van der Waals surface area contributed by atoms with Gasteiger partial charge in [-0.2, -0.15) is 0 Å². The molecule has 0 atom stereocenters. The number of benzene rings is 1. The van der Waals surface area contributed by atoms with Crippen LogP contribution < -0.4 is 15.4 Å². The fourth-order valence-corrected chi connectivity index (χ4v) is 2.30. The molecule has 2 rings (SSSR count). The molecule has 1 fully saturated rings. The molecule has 4 nitrogen and oxygen atoms in total. The highest BCUT2D eigenvalue weighted by Gasteiger charge is 2.19. The number of carbonyl (C=O) groups excluding carboxylic acids is 1. The third kappa shape index (κ3) is 4.11. The van der Waals surface area contributed by atoms with E-state index >= 15 is 0 Å². The predicted molar refractivity (Wildman–Crippen MR) is 86.7 cm³/mol. The number of hydrogen-bond acceptors (Lipinski definition) is 3. The summed E-state index contributed by atoms with van der Waals surface area (Å²) in [5, 5.41) is 6.63. The largest absolute Gasteiger partial charge is 0.496 e. The Morgan fingerprint density at radius 1 is 1.58 bits per heavy atom. The Kier molecular flexibility index (Phi) is 6.65. The smallest absolute Gasteiger partial charge is 0.255 e. The van der Waals surface area contributed by atoms with Crippen LogP contribution >= 0.6 is 46.6 Å². The van der Waals surface area contributed by atoms with Gasteiger partial charge in [-0.3, -0.25) is 4.79 Å². The maximum absolute atomic E-state index is 12.1. The average Bonchev–Trinajstić information content (AvgIpc) is 2.29. The second-order valence-corrected chi connectivity index (χ2v) is 5.77. The topological polar surface area (TPSA) is 50.4 Å². The number of hydrogen-bond donors (Lipinski definition) is 2. The lowest BCUT2D eigenvalue weighted by atomic mass is 10.0. The molecule has 106 valence electrons. The number of methoxy groups -OCH3 is 1. The van der Waals surface area contributed by atoms with Gasteiger partial charge >= 0.3 is 0 Å². The van der Waals surface area contributed by atoms with Gasteiger partial charge in [0, 0.05) is 29.1 Å². The number of rotatable bonds is 4. The molecule has 1 aliphatic rings. The van der Waals surface area contributed by atoms with E-state index in [4.69, 9.17) is 16.3 Å². The minimum absolute atomic E-state index is 0. The van der Waals surface area contributed by atoms with E-state index < -0.39 is 0 Å². The molecule has 2 N–H and O–H groups in total. The van der Waals surface area contributed by atoms with Gasteiger partial charge < -0.3 is 15.4 Å². The Balaban J connectivity index is 0.00000180. The van der Waals surface area contributed by atoms with Gasteiger partial charge in [0.2, 0.25) is 0 Å². The summed E-state index contributed by atoms with van der Waals surface area (Å²) in [7, 11) is 1.55. The Morgan fingerprint density at radius 3 is 2.79 bits per heavy atom. The van der Waals surface area contributed by atoms with Crippen molar-refractivity contribution in [1.29, 1.82) is 0 Å². The van der Waals surface area contributed by atoms with E-state index in [0.717, 1.165) is 16.7 Å². The van der Waals surface area contributed by atoms with Crippen LogP contribution in [0.25, 0.3) is 0 Å². The summed E-state index contributed by atoms with van der Waals surface area (Å²) in [5.41, 5.74) is 0.482. The molecule has 1 aliphatic heterocycles. The summed E-state index contributed by atoms with van der Waals surface area (Å²) >= 11 is 8.14. The summed E-state index contributed by atoms with van der Waals surface area (Å²) in [6.07, 6.45) is 0. The van der Waals surface area contributed by atoms with E-state index in [1.165, 1.54) is 0 Å². The second-order valence-electron chi connectivity index (χ2n) is 4.20. The van der Waals surface area contributed by atoms with Gasteiger partial charge in [-0.25, -0.2) is 0 Å². The lowest BCUT2D eigenvalue weighted by Crippen LogP contribution is -2.48. The zero-order valence-electron chi connectivity index (χ0n) is 10.3. The van der Waals surface area contributed by atoms with Gasteiger partial charge in [0.25, 0.3) is 5.91 Å². The first-order chi connectivity index (χ1) is 8.61. The van der Waals surface area contributed by atoms with Crippen LogP contribution in [-0.4, -0.2) is 32.7 Å². The van der Waals surface area contributed by atoms with Gasteiger partial charge in [-0.15, -0.1) is 12.4 Å². The van der Waals surface area contributed by atoms with Crippen molar-refractivity contribution in [3.05, 3.63) is 26.3 Å². The third-order valence-electron chi connectivity index (χ3n) is 2.90. The molecule has 0 bridgehead atoms. The molecule has 1 heterocycles. The fourth-order valence-electron chi connectivity index (χ4n) is 1.70. The molecule has 1 amide bonds. The highest BCUT2D eigenvalue weighted by molar-refractivity contribution is 14.1. The van der Waals surface area contributed by atoms with Gasteiger partial charge in [-0.05, 0) is 34.7 Å².